The van der Waals surface area contributed by atoms with Gasteiger partial charge in [-0.15, -0.1) is 0 Å². The predicted octanol–water partition coefficient (Wildman–Crippen LogP) is 1.40. The number of carbonyl (C=O) groups excluding carboxylic acids is 1. The fourth-order valence-electron chi connectivity index (χ4n) is 2.40. The summed E-state index contributed by atoms with van der Waals surface area (Å²) in [6, 6.07) is 3.64. The van der Waals surface area contributed by atoms with Crippen LogP contribution in [0.3, 0.4) is 0 Å². The van der Waals surface area contributed by atoms with Gasteiger partial charge in [-0.25, -0.2) is 9.78 Å². The third-order valence-electron chi connectivity index (χ3n) is 3.45. The average Bonchev–Trinajstić information content (AvgIpc) is 2.41. The van der Waals surface area contributed by atoms with Crippen LogP contribution in [0.2, 0.25) is 0 Å². The molecular formula is C15H21N3O4. The number of hydrogen-bond donors (Lipinski definition) is 1. The van der Waals surface area contributed by atoms with Gasteiger partial charge < -0.3 is 19.5 Å². The van der Waals surface area contributed by atoms with E-state index >= 15 is 0 Å². The molecule has 0 unspecified atom stereocenters. The lowest BCUT2D eigenvalue weighted by molar-refractivity contribution is 0.0566. The van der Waals surface area contributed by atoms with E-state index in [9.17, 15) is 9.90 Å². The molecule has 120 valence electrons. The SMILES string of the molecule is CC(C)(C)OC(=O)N1CCOc2ccc(N3CC(O)C3)nc21. The van der Waals surface area contributed by atoms with Crippen molar-refractivity contribution in [3.05, 3.63) is 12.1 Å². The Bertz CT molecular complexity index is 579. The quantitative estimate of drug-likeness (QED) is 0.845. The molecule has 2 aliphatic heterocycles. The van der Waals surface area contributed by atoms with Crippen molar-refractivity contribution in [2.24, 2.45) is 0 Å². The lowest BCUT2D eigenvalue weighted by atomic mass is 10.1. The Morgan fingerprint density at radius 1 is 1.41 bits per heavy atom. The van der Waals surface area contributed by atoms with Crippen LogP contribution < -0.4 is 14.5 Å². The molecule has 7 nitrogen and oxygen atoms in total. The zero-order valence-corrected chi connectivity index (χ0v) is 13.1. The van der Waals surface area contributed by atoms with E-state index in [-0.39, 0.29) is 6.10 Å². The Labute approximate surface area is 129 Å². The van der Waals surface area contributed by atoms with Crippen molar-refractivity contribution in [3.63, 3.8) is 0 Å². The first kappa shape index (κ1) is 14.9. The third kappa shape index (κ3) is 2.94. The second-order valence-electron chi connectivity index (χ2n) is 6.53. The molecule has 2 aliphatic rings. The number of rotatable bonds is 1. The molecule has 0 bridgehead atoms. The van der Waals surface area contributed by atoms with Gasteiger partial charge in [0.2, 0.25) is 0 Å². The van der Waals surface area contributed by atoms with Crippen LogP contribution in [0.5, 0.6) is 5.75 Å². The van der Waals surface area contributed by atoms with Crippen molar-refractivity contribution in [1.29, 1.82) is 0 Å². The first-order chi connectivity index (χ1) is 10.3. The molecule has 3 rings (SSSR count). The molecule has 1 N–H and O–H groups in total. The van der Waals surface area contributed by atoms with Gasteiger partial charge in [0.25, 0.3) is 0 Å². The highest BCUT2D eigenvalue weighted by Crippen LogP contribution is 2.33. The molecule has 1 saturated heterocycles. The number of hydrogen-bond acceptors (Lipinski definition) is 6. The minimum Gasteiger partial charge on any atom is -0.488 e. The molecule has 1 fully saturated rings. The third-order valence-corrected chi connectivity index (χ3v) is 3.45. The number of anilines is 2. The monoisotopic (exact) mass is 307 g/mol. The van der Waals surface area contributed by atoms with Gasteiger partial charge in [-0.1, -0.05) is 0 Å². The van der Waals surface area contributed by atoms with Crippen molar-refractivity contribution in [2.45, 2.75) is 32.5 Å². The Morgan fingerprint density at radius 2 is 2.14 bits per heavy atom. The Hall–Kier alpha value is -2.02. The van der Waals surface area contributed by atoms with Gasteiger partial charge in [0.05, 0.1) is 12.6 Å². The maximum absolute atomic E-state index is 12.3. The number of aromatic nitrogens is 1. The Kier molecular flexibility index (Phi) is 3.60. The molecule has 0 radical (unpaired) electrons. The molecule has 0 aromatic carbocycles. The second-order valence-corrected chi connectivity index (χ2v) is 6.53. The van der Waals surface area contributed by atoms with Crippen LogP contribution in [-0.2, 0) is 4.74 Å². The summed E-state index contributed by atoms with van der Waals surface area (Å²) in [5, 5.41) is 9.41. The normalized spacial score (nSPS) is 18.4. The fraction of sp³-hybridized carbons (Fsp3) is 0.600. The highest BCUT2D eigenvalue weighted by Gasteiger charge is 2.32. The van der Waals surface area contributed by atoms with Gasteiger partial charge in [-0.05, 0) is 32.9 Å². The van der Waals surface area contributed by atoms with Crippen molar-refractivity contribution in [2.75, 3.05) is 36.0 Å². The number of β-amino-alcohol motifs (C(OH)–C–C–N with tert-alkyl or cyclic N) is 1. The van der Waals surface area contributed by atoms with Crippen molar-refractivity contribution in [3.8, 4) is 5.75 Å². The van der Waals surface area contributed by atoms with Gasteiger partial charge >= 0.3 is 6.09 Å². The lowest BCUT2D eigenvalue weighted by Crippen LogP contribution is -2.51. The number of aliphatic hydroxyl groups is 1. The van der Waals surface area contributed by atoms with Gasteiger partial charge in [0.1, 0.15) is 18.0 Å². The largest absolute Gasteiger partial charge is 0.488 e. The van der Waals surface area contributed by atoms with Crippen molar-refractivity contribution in [1.82, 2.24) is 4.98 Å². The molecular weight excluding hydrogens is 286 g/mol. The van der Waals surface area contributed by atoms with E-state index in [1.807, 2.05) is 31.7 Å². The van der Waals surface area contributed by atoms with Crippen LogP contribution in [0.4, 0.5) is 16.4 Å². The van der Waals surface area contributed by atoms with Crippen LogP contribution in [0.15, 0.2) is 12.1 Å². The number of ether oxygens (including phenoxy) is 2. The molecule has 22 heavy (non-hydrogen) atoms. The number of nitrogens with zero attached hydrogens (tertiary/aromatic N) is 3. The molecule has 1 aromatic rings. The highest BCUT2D eigenvalue weighted by molar-refractivity contribution is 5.89. The van der Waals surface area contributed by atoms with E-state index < -0.39 is 11.7 Å². The maximum Gasteiger partial charge on any atom is 0.416 e. The highest BCUT2D eigenvalue weighted by atomic mass is 16.6. The van der Waals surface area contributed by atoms with E-state index in [0.717, 1.165) is 5.82 Å². The molecule has 0 atom stereocenters. The summed E-state index contributed by atoms with van der Waals surface area (Å²) in [4.78, 5) is 20.3. The first-order valence-electron chi connectivity index (χ1n) is 7.41. The van der Waals surface area contributed by atoms with Crippen LogP contribution >= 0.6 is 0 Å². The molecule has 1 aromatic heterocycles. The summed E-state index contributed by atoms with van der Waals surface area (Å²) in [5.41, 5.74) is -0.561. The van der Waals surface area contributed by atoms with E-state index in [2.05, 4.69) is 4.98 Å². The van der Waals surface area contributed by atoms with Gasteiger partial charge in [0, 0.05) is 13.1 Å². The number of amides is 1. The molecule has 0 saturated carbocycles. The molecule has 7 heteroatoms. The number of pyridine rings is 1. The van der Waals surface area contributed by atoms with Gasteiger partial charge in [-0.2, -0.15) is 0 Å². The Balaban J connectivity index is 1.84. The zero-order chi connectivity index (χ0) is 15.9. The van der Waals surface area contributed by atoms with Crippen molar-refractivity contribution >= 4 is 17.7 Å². The predicted molar refractivity (Wildman–Crippen MR) is 81.5 cm³/mol. The van der Waals surface area contributed by atoms with Crippen LogP contribution in [0.25, 0.3) is 0 Å². The molecule has 0 spiro atoms. The number of fused-ring (bicyclic) bond motifs is 1. The summed E-state index contributed by atoms with van der Waals surface area (Å²) in [5.74, 6) is 1.77. The summed E-state index contributed by atoms with van der Waals surface area (Å²) < 4.78 is 11.0. The van der Waals surface area contributed by atoms with Crippen LogP contribution in [-0.4, -0.2) is 54.1 Å². The summed E-state index contributed by atoms with van der Waals surface area (Å²) in [6.07, 6.45) is -0.735. The summed E-state index contributed by atoms with van der Waals surface area (Å²) in [6.45, 7) is 7.42. The Morgan fingerprint density at radius 3 is 2.77 bits per heavy atom. The maximum atomic E-state index is 12.3. The smallest absolute Gasteiger partial charge is 0.416 e. The van der Waals surface area contributed by atoms with Crippen molar-refractivity contribution < 1.29 is 19.4 Å². The van der Waals surface area contributed by atoms with E-state index in [1.54, 1.807) is 6.07 Å². The molecule has 3 heterocycles. The fourth-order valence-corrected chi connectivity index (χ4v) is 2.40. The van der Waals surface area contributed by atoms with Gasteiger partial charge in [-0.3, -0.25) is 4.90 Å². The van der Waals surface area contributed by atoms with E-state index in [4.69, 9.17) is 9.47 Å². The second kappa shape index (κ2) is 5.31. The molecule has 0 aliphatic carbocycles. The van der Waals surface area contributed by atoms with Crippen LogP contribution in [0, 0.1) is 0 Å². The zero-order valence-electron chi connectivity index (χ0n) is 13.1. The van der Waals surface area contributed by atoms with E-state index in [1.165, 1.54) is 4.90 Å². The standard InChI is InChI=1S/C15H21N3O4/c1-15(2,3)22-14(20)18-6-7-21-11-4-5-12(16-13(11)18)17-8-10(19)9-17/h4-5,10,19H,6-9H2,1-3H3. The number of carbonyl (C=O) groups is 1. The van der Waals surface area contributed by atoms with E-state index in [0.29, 0.717) is 37.8 Å². The number of aliphatic hydroxyl groups excluding tert-OH is 1. The lowest BCUT2D eigenvalue weighted by Gasteiger charge is -2.38. The minimum absolute atomic E-state index is 0.309. The minimum atomic E-state index is -0.561. The summed E-state index contributed by atoms with van der Waals surface area (Å²) >= 11 is 0. The average molecular weight is 307 g/mol. The topological polar surface area (TPSA) is 75.1 Å². The van der Waals surface area contributed by atoms with Crippen LogP contribution in [0.1, 0.15) is 20.8 Å². The molecule has 1 amide bonds. The van der Waals surface area contributed by atoms with Gasteiger partial charge in [0.15, 0.2) is 11.6 Å². The summed E-state index contributed by atoms with van der Waals surface area (Å²) in [7, 11) is 0. The first-order valence-corrected chi connectivity index (χ1v) is 7.41.